The number of hydrogen-bond acceptors (Lipinski definition) is 1. The van der Waals surface area contributed by atoms with E-state index in [2.05, 4.69) is 28.2 Å². The van der Waals surface area contributed by atoms with Crippen LogP contribution in [0.2, 0.25) is 0 Å². The summed E-state index contributed by atoms with van der Waals surface area (Å²) in [4.78, 5) is 10.4. The van der Waals surface area contributed by atoms with Crippen molar-refractivity contribution in [3.8, 4) is 0 Å². The van der Waals surface area contributed by atoms with Gasteiger partial charge in [-0.05, 0) is 24.1 Å². The predicted octanol–water partition coefficient (Wildman–Crippen LogP) is 3.21. The van der Waals surface area contributed by atoms with Crippen LogP contribution in [0.4, 0.5) is 4.79 Å². The molecule has 0 aliphatic heterocycles. The van der Waals surface area contributed by atoms with Gasteiger partial charge in [0.1, 0.15) is 0 Å². The summed E-state index contributed by atoms with van der Waals surface area (Å²) in [7, 11) is 0. The summed E-state index contributed by atoms with van der Waals surface area (Å²) in [6.07, 6.45) is -0.0556. The van der Waals surface area contributed by atoms with Gasteiger partial charge in [-0.2, -0.15) is 0 Å². The van der Waals surface area contributed by atoms with Gasteiger partial charge < -0.3 is 10.4 Å². The summed E-state index contributed by atoms with van der Waals surface area (Å²) in [5.74, 6) is 0.235. The van der Waals surface area contributed by atoms with Gasteiger partial charge >= 0.3 is 6.09 Å². The Hall–Kier alpha value is -1.03. The molecule has 1 aromatic carbocycles. The molecule has 1 aromatic rings. The van der Waals surface area contributed by atoms with E-state index in [1.54, 1.807) is 0 Å². The highest BCUT2D eigenvalue weighted by Gasteiger charge is 2.10. The molecule has 0 spiro atoms. The van der Waals surface area contributed by atoms with Crippen molar-refractivity contribution in [1.82, 2.24) is 5.32 Å². The fourth-order valence-corrected chi connectivity index (χ4v) is 1.89. The van der Waals surface area contributed by atoms with Crippen LogP contribution in [0.5, 0.6) is 0 Å². The van der Waals surface area contributed by atoms with E-state index >= 15 is 0 Å². The standard InChI is InChI=1S/C11H14BrNO2/c1-2-8(7-13-11(14)15)9-4-3-5-10(12)6-9/h3-6,8,13H,2,7H2,1H3,(H,14,15). The Morgan fingerprint density at radius 1 is 1.60 bits per heavy atom. The molecule has 0 heterocycles. The zero-order valence-corrected chi connectivity index (χ0v) is 10.1. The van der Waals surface area contributed by atoms with Gasteiger partial charge in [-0.15, -0.1) is 0 Å². The van der Waals surface area contributed by atoms with Crippen molar-refractivity contribution in [1.29, 1.82) is 0 Å². The molecule has 1 atom stereocenters. The van der Waals surface area contributed by atoms with E-state index in [1.807, 2.05) is 24.3 Å². The fraction of sp³-hybridized carbons (Fsp3) is 0.364. The molecule has 0 aliphatic rings. The van der Waals surface area contributed by atoms with Gasteiger partial charge in [-0.3, -0.25) is 0 Å². The van der Waals surface area contributed by atoms with Gasteiger partial charge in [0, 0.05) is 16.9 Å². The Labute approximate surface area is 97.6 Å². The average molecular weight is 272 g/mol. The first-order chi connectivity index (χ1) is 7.13. The fourth-order valence-electron chi connectivity index (χ4n) is 1.47. The van der Waals surface area contributed by atoms with Crippen molar-refractivity contribution >= 4 is 22.0 Å². The molecule has 3 nitrogen and oxygen atoms in total. The number of benzene rings is 1. The molecular formula is C11H14BrNO2. The third-order valence-electron chi connectivity index (χ3n) is 2.31. The summed E-state index contributed by atoms with van der Waals surface area (Å²) in [5, 5.41) is 11.0. The third kappa shape index (κ3) is 3.91. The van der Waals surface area contributed by atoms with Gasteiger partial charge in [0.25, 0.3) is 0 Å². The van der Waals surface area contributed by atoms with Gasteiger partial charge in [0.2, 0.25) is 0 Å². The molecule has 0 aromatic heterocycles. The molecule has 0 aliphatic carbocycles. The Morgan fingerprint density at radius 3 is 2.87 bits per heavy atom. The maximum Gasteiger partial charge on any atom is 0.404 e. The number of rotatable bonds is 4. The van der Waals surface area contributed by atoms with Crippen molar-refractivity contribution in [2.24, 2.45) is 0 Å². The van der Waals surface area contributed by atoms with Gasteiger partial charge in [-0.25, -0.2) is 4.79 Å². The molecule has 0 saturated heterocycles. The number of carbonyl (C=O) groups is 1. The van der Waals surface area contributed by atoms with Crippen LogP contribution in [0, 0.1) is 0 Å². The normalized spacial score (nSPS) is 12.1. The molecule has 0 bridgehead atoms. The van der Waals surface area contributed by atoms with Crippen LogP contribution in [-0.4, -0.2) is 17.7 Å². The van der Waals surface area contributed by atoms with Gasteiger partial charge in [-0.1, -0.05) is 35.0 Å². The molecular weight excluding hydrogens is 258 g/mol. The number of amides is 1. The Kier molecular flexibility index (Phi) is 4.62. The summed E-state index contributed by atoms with van der Waals surface area (Å²) in [5.41, 5.74) is 1.15. The van der Waals surface area contributed by atoms with Crippen LogP contribution in [-0.2, 0) is 0 Å². The van der Waals surface area contributed by atoms with E-state index in [0.29, 0.717) is 6.54 Å². The first-order valence-corrected chi connectivity index (χ1v) is 5.65. The second-order valence-corrected chi connectivity index (χ2v) is 4.26. The minimum absolute atomic E-state index is 0.235. The van der Waals surface area contributed by atoms with Crippen LogP contribution in [0.3, 0.4) is 0 Å². The summed E-state index contributed by atoms with van der Waals surface area (Å²) in [6.45, 7) is 2.51. The molecule has 1 rings (SSSR count). The van der Waals surface area contributed by atoms with Crippen molar-refractivity contribution in [3.05, 3.63) is 34.3 Å². The lowest BCUT2D eigenvalue weighted by Gasteiger charge is -2.15. The SMILES string of the molecule is CCC(CNC(=O)O)c1cccc(Br)c1. The number of hydrogen-bond donors (Lipinski definition) is 2. The van der Waals surface area contributed by atoms with E-state index in [9.17, 15) is 4.79 Å². The second kappa shape index (κ2) is 5.75. The summed E-state index contributed by atoms with van der Waals surface area (Å²) < 4.78 is 1.02. The summed E-state index contributed by atoms with van der Waals surface area (Å²) in [6, 6.07) is 7.96. The van der Waals surface area contributed by atoms with E-state index < -0.39 is 6.09 Å². The van der Waals surface area contributed by atoms with Crippen LogP contribution in [0.25, 0.3) is 0 Å². The molecule has 1 amide bonds. The van der Waals surface area contributed by atoms with Crippen LogP contribution in [0.15, 0.2) is 28.7 Å². The van der Waals surface area contributed by atoms with Crippen LogP contribution in [0.1, 0.15) is 24.8 Å². The van der Waals surface area contributed by atoms with Gasteiger partial charge in [0.15, 0.2) is 0 Å². The molecule has 0 fully saturated rings. The zero-order valence-electron chi connectivity index (χ0n) is 8.53. The maximum absolute atomic E-state index is 10.4. The lowest BCUT2D eigenvalue weighted by atomic mass is 9.97. The quantitative estimate of drug-likeness (QED) is 0.884. The largest absolute Gasteiger partial charge is 0.465 e. The molecule has 4 heteroatoms. The monoisotopic (exact) mass is 271 g/mol. The minimum atomic E-state index is -0.969. The molecule has 2 N–H and O–H groups in total. The smallest absolute Gasteiger partial charge is 0.404 e. The zero-order chi connectivity index (χ0) is 11.3. The Bertz CT molecular complexity index is 341. The molecule has 82 valence electrons. The van der Waals surface area contributed by atoms with Gasteiger partial charge in [0.05, 0.1) is 0 Å². The van der Waals surface area contributed by atoms with E-state index in [0.717, 1.165) is 16.5 Å². The topological polar surface area (TPSA) is 49.3 Å². The van der Waals surface area contributed by atoms with E-state index in [1.165, 1.54) is 0 Å². The maximum atomic E-state index is 10.4. The van der Waals surface area contributed by atoms with Crippen LogP contribution >= 0.6 is 15.9 Å². The second-order valence-electron chi connectivity index (χ2n) is 3.35. The highest BCUT2D eigenvalue weighted by Crippen LogP contribution is 2.21. The highest BCUT2D eigenvalue weighted by atomic mass is 79.9. The number of nitrogens with one attached hydrogen (secondary N) is 1. The Morgan fingerprint density at radius 2 is 2.33 bits per heavy atom. The minimum Gasteiger partial charge on any atom is -0.465 e. The molecule has 0 radical (unpaired) electrons. The third-order valence-corrected chi connectivity index (χ3v) is 2.81. The van der Waals surface area contributed by atoms with Crippen molar-refractivity contribution in [2.75, 3.05) is 6.54 Å². The Balaban J connectivity index is 2.69. The predicted molar refractivity (Wildman–Crippen MR) is 63.2 cm³/mol. The van der Waals surface area contributed by atoms with E-state index in [-0.39, 0.29) is 5.92 Å². The highest BCUT2D eigenvalue weighted by molar-refractivity contribution is 9.10. The lowest BCUT2D eigenvalue weighted by Crippen LogP contribution is -2.26. The molecule has 1 unspecified atom stereocenters. The first kappa shape index (κ1) is 12.0. The lowest BCUT2D eigenvalue weighted by molar-refractivity contribution is 0.193. The average Bonchev–Trinajstić information content (AvgIpc) is 2.18. The van der Waals surface area contributed by atoms with Crippen molar-refractivity contribution in [2.45, 2.75) is 19.3 Å². The number of halogens is 1. The number of carboxylic acid groups (broad SMARTS) is 1. The summed E-state index contributed by atoms with van der Waals surface area (Å²) >= 11 is 3.40. The van der Waals surface area contributed by atoms with Crippen molar-refractivity contribution < 1.29 is 9.90 Å². The molecule has 15 heavy (non-hydrogen) atoms. The first-order valence-electron chi connectivity index (χ1n) is 4.85. The van der Waals surface area contributed by atoms with E-state index in [4.69, 9.17) is 5.11 Å². The van der Waals surface area contributed by atoms with Crippen LogP contribution < -0.4 is 5.32 Å². The van der Waals surface area contributed by atoms with Crippen molar-refractivity contribution in [3.63, 3.8) is 0 Å². The molecule has 0 saturated carbocycles.